The first-order valence-electron chi connectivity index (χ1n) is 7.99. The van der Waals surface area contributed by atoms with E-state index in [0.29, 0.717) is 0 Å². The van der Waals surface area contributed by atoms with Gasteiger partial charge in [-0.3, -0.25) is 0 Å². The first-order chi connectivity index (χ1) is 10.2. The van der Waals surface area contributed by atoms with Crippen molar-refractivity contribution in [3.63, 3.8) is 0 Å². The summed E-state index contributed by atoms with van der Waals surface area (Å²) in [7, 11) is 0. The molecule has 0 spiro atoms. The van der Waals surface area contributed by atoms with Crippen molar-refractivity contribution >= 4 is 11.5 Å². The molecule has 0 bridgehead atoms. The van der Waals surface area contributed by atoms with Gasteiger partial charge in [0, 0.05) is 24.3 Å². The molecule has 1 unspecified atom stereocenters. The summed E-state index contributed by atoms with van der Waals surface area (Å²) < 4.78 is 0. The van der Waals surface area contributed by atoms with E-state index >= 15 is 0 Å². The predicted octanol–water partition coefficient (Wildman–Crippen LogP) is 3.50. The lowest BCUT2D eigenvalue weighted by molar-refractivity contribution is 0.318. The van der Waals surface area contributed by atoms with Gasteiger partial charge >= 0.3 is 0 Å². The molecule has 1 aromatic rings. The molecular weight excluding hydrogens is 262 g/mol. The Morgan fingerprint density at radius 2 is 2.19 bits per heavy atom. The zero-order chi connectivity index (χ0) is 15.2. The second kappa shape index (κ2) is 7.34. The molecule has 4 nitrogen and oxygen atoms in total. The van der Waals surface area contributed by atoms with Gasteiger partial charge in [0.1, 0.15) is 0 Å². The van der Waals surface area contributed by atoms with Crippen molar-refractivity contribution in [1.82, 2.24) is 0 Å². The highest BCUT2D eigenvalue weighted by atomic mass is 16.4. The minimum atomic E-state index is 0.197. The molecular formula is C17H27N3O. The third-order valence-corrected chi connectivity index (χ3v) is 4.42. The van der Waals surface area contributed by atoms with E-state index in [0.717, 1.165) is 35.8 Å². The lowest BCUT2D eigenvalue weighted by Gasteiger charge is -2.25. The molecule has 1 aromatic carbocycles. The van der Waals surface area contributed by atoms with Crippen LogP contribution in [0.2, 0.25) is 0 Å². The first-order valence-corrected chi connectivity index (χ1v) is 7.99. The number of hydrogen-bond acceptors (Lipinski definition) is 3. The van der Waals surface area contributed by atoms with E-state index < -0.39 is 0 Å². The van der Waals surface area contributed by atoms with Crippen LogP contribution in [0.25, 0.3) is 0 Å². The van der Waals surface area contributed by atoms with Crippen molar-refractivity contribution in [3.05, 3.63) is 29.3 Å². The summed E-state index contributed by atoms with van der Waals surface area (Å²) in [6.45, 7) is 6.39. The maximum Gasteiger partial charge on any atom is 0.172 e. The standard InChI is InChI=1S/C17H27N3O/c1-3-5-14-6-4-10-20(11-9-14)16-8-7-13(2)12-15(16)17(18)19-21/h7-8,12,14,21H,3-6,9-11H2,1-2H3,(H2,18,19). The number of aryl methyl sites for hydroxylation is 1. The molecule has 0 amide bonds. The molecule has 0 radical (unpaired) electrons. The van der Waals surface area contributed by atoms with E-state index in [-0.39, 0.29) is 5.84 Å². The summed E-state index contributed by atoms with van der Waals surface area (Å²) in [4.78, 5) is 2.39. The van der Waals surface area contributed by atoms with Crippen molar-refractivity contribution < 1.29 is 5.21 Å². The highest BCUT2D eigenvalue weighted by Crippen LogP contribution is 2.28. The monoisotopic (exact) mass is 289 g/mol. The molecule has 1 saturated heterocycles. The average molecular weight is 289 g/mol. The number of benzene rings is 1. The molecule has 0 aliphatic carbocycles. The number of rotatable bonds is 4. The summed E-state index contributed by atoms with van der Waals surface area (Å²) in [6, 6.07) is 6.19. The van der Waals surface area contributed by atoms with Crippen LogP contribution in [0.5, 0.6) is 0 Å². The van der Waals surface area contributed by atoms with Gasteiger partial charge in [-0.1, -0.05) is 36.6 Å². The number of anilines is 1. The van der Waals surface area contributed by atoms with Crippen LogP contribution in [0.15, 0.2) is 23.4 Å². The van der Waals surface area contributed by atoms with Crippen LogP contribution < -0.4 is 10.6 Å². The zero-order valence-electron chi connectivity index (χ0n) is 13.2. The highest BCUT2D eigenvalue weighted by Gasteiger charge is 2.19. The summed E-state index contributed by atoms with van der Waals surface area (Å²) in [5, 5.41) is 12.2. The lowest BCUT2D eigenvalue weighted by Crippen LogP contribution is -2.28. The average Bonchev–Trinajstić information content (AvgIpc) is 2.72. The van der Waals surface area contributed by atoms with Crippen LogP contribution in [0.3, 0.4) is 0 Å². The van der Waals surface area contributed by atoms with Gasteiger partial charge in [0.25, 0.3) is 0 Å². The molecule has 1 fully saturated rings. The topological polar surface area (TPSA) is 61.8 Å². The third kappa shape index (κ3) is 3.90. The molecule has 116 valence electrons. The predicted molar refractivity (Wildman–Crippen MR) is 88.2 cm³/mol. The second-order valence-corrected chi connectivity index (χ2v) is 6.08. The summed E-state index contributed by atoms with van der Waals surface area (Å²) in [6.07, 6.45) is 6.36. The fraction of sp³-hybridized carbons (Fsp3) is 0.588. The van der Waals surface area contributed by atoms with Crippen LogP contribution in [-0.4, -0.2) is 24.1 Å². The Hall–Kier alpha value is -1.71. The summed E-state index contributed by atoms with van der Waals surface area (Å²) >= 11 is 0. The molecule has 0 saturated carbocycles. The van der Waals surface area contributed by atoms with Crippen LogP contribution in [0.1, 0.15) is 50.2 Å². The van der Waals surface area contributed by atoms with Crippen LogP contribution in [0.4, 0.5) is 5.69 Å². The van der Waals surface area contributed by atoms with E-state index in [9.17, 15) is 0 Å². The minimum Gasteiger partial charge on any atom is -0.409 e. The third-order valence-electron chi connectivity index (χ3n) is 4.42. The molecule has 1 aliphatic rings. The largest absolute Gasteiger partial charge is 0.409 e. The normalized spacial score (nSPS) is 20.4. The van der Waals surface area contributed by atoms with Gasteiger partial charge in [0.2, 0.25) is 0 Å². The fourth-order valence-corrected chi connectivity index (χ4v) is 3.29. The minimum absolute atomic E-state index is 0.197. The maximum absolute atomic E-state index is 9.01. The fourth-order valence-electron chi connectivity index (χ4n) is 3.29. The van der Waals surface area contributed by atoms with Crippen LogP contribution in [-0.2, 0) is 0 Å². The molecule has 3 N–H and O–H groups in total. The Bertz CT molecular complexity index is 499. The van der Waals surface area contributed by atoms with E-state index in [1.807, 2.05) is 13.0 Å². The van der Waals surface area contributed by atoms with Gasteiger partial charge < -0.3 is 15.8 Å². The summed E-state index contributed by atoms with van der Waals surface area (Å²) in [5.41, 5.74) is 8.91. The Kier molecular flexibility index (Phi) is 5.48. The van der Waals surface area contributed by atoms with Crippen molar-refractivity contribution in [2.45, 2.75) is 46.0 Å². The first kappa shape index (κ1) is 15.7. The molecule has 0 aromatic heterocycles. The number of nitrogens with two attached hydrogens (primary N) is 1. The molecule has 2 rings (SSSR count). The van der Waals surface area contributed by atoms with Crippen molar-refractivity contribution in [1.29, 1.82) is 0 Å². The Morgan fingerprint density at radius 3 is 2.90 bits per heavy atom. The Balaban J connectivity index is 2.21. The molecule has 1 heterocycles. The maximum atomic E-state index is 9.01. The molecule has 1 atom stereocenters. The number of nitrogens with zero attached hydrogens (tertiary/aromatic N) is 2. The van der Waals surface area contributed by atoms with Gasteiger partial charge in [-0.15, -0.1) is 0 Å². The summed E-state index contributed by atoms with van der Waals surface area (Å²) in [5.74, 6) is 1.04. The zero-order valence-corrected chi connectivity index (χ0v) is 13.2. The van der Waals surface area contributed by atoms with Crippen molar-refractivity contribution in [2.75, 3.05) is 18.0 Å². The Morgan fingerprint density at radius 1 is 1.38 bits per heavy atom. The van der Waals surface area contributed by atoms with Crippen LogP contribution in [0, 0.1) is 12.8 Å². The van der Waals surface area contributed by atoms with Crippen molar-refractivity contribution in [2.24, 2.45) is 16.8 Å². The molecule has 1 aliphatic heterocycles. The number of oxime groups is 1. The smallest absolute Gasteiger partial charge is 0.172 e. The number of amidine groups is 1. The van der Waals surface area contributed by atoms with Gasteiger partial charge in [-0.2, -0.15) is 0 Å². The van der Waals surface area contributed by atoms with E-state index in [1.54, 1.807) is 0 Å². The van der Waals surface area contributed by atoms with Gasteiger partial charge in [-0.25, -0.2) is 0 Å². The van der Waals surface area contributed by atoms with Gasteiger partial charge in [0.15, 0.2) is 5.84 Å². The molecule has 4 heteroatoms. The highest BCUT2D eigenvalue weighted by molar-refractivity contribution is 6.02. The molecule has 21 heavy (non-hydrogen) atoms. The van der Waals surface area contributed by atoms with Crippen LogP contribution >= 0.6 is 0 Å². The van der Waals surface area contributed by atoms with E-state index in [2.05, 4.69) is 29.1 Å². The van der Waals surface area contributed by atoms with E-state index in [1.165, 1.54) is 32.1 Å². The van der Waals surface area contributed by atoms with E-state index in [4.69, 9.17) is 10.9 Å². The SMILES string of the molecule is CCCC1CCCN(c2ccc(C)cc2/C(N)=N/O)CC1. The lowest BCUT2D eigenvalue weighted by atomic mass is 9.96. The second-order valence-electron chi connectivity index (χ2n) is 6.08. The van der Waals surface area contributed by atoms with Gasteiger partial charge in [0.05, 0.1) is 0 Å². The van der Waals surface area contributed by atoms with Crippen molar-refractivity contribution in [3.8, 4) is 0 Å². The van der Waals surface area contributed by atoms with Gasteiger partial charge in [-0.05, 0) is 44.2 Å². The quantitative estimate of drug-likeness (QED) is 0.386. The Labute approximate surface area is 127 Å². The number of hydrogen-bond donors (Lipinski definition) is 2.